The normalized spacial score (nSPS) is 24.3. The van der Waals surface area contributed by atoms with Gasteiger partial charge in [-0.15, -0.1) is 11.3 Å². The molecule has 24 heavy (non-hydrogen) atoms. The van der Waals surface area contributed by atoms with Crippen LogP contribution < -0.4 is 5.32 Å². The molecule has 0 aliphatic carbocycles. The molecule has 2 aliphatic heterocycles. The second-order valence-corrected chi connectivity index (χ2v) is 9.50. The third-order valence-corrected chi connectivity index (χ3v) is 8.14. The van der Waals surface area contributed by atoms with E-state index in [1.165, 1.54) is 15.6 Å². The van der Waals surface area contributed by atoms with Gasteiger partial charge in [-0.05, 0) is 26.0 Å². The molecule has 0 radical (unpaired) electrons. The molecule has 1 amide bonds. The van der Waals surface area contributed by atoms with Crippen LogP contribution in [0.1, 0.15) is 11.5 Å². The number of thiophene rings is 1. The van der Waals surface area contributed by atoms with Crippen molar-refractivity contribution in [3.8, 4) is 10.4 Å². The zero-order chi connectivity index (χ0) is 17.1. The van der Waals surface area contributed by atoms with Crippen molar-refractivity contribution in [1.29, 1.82) is 0 Å². The van der Waals surface area contributed by atoms with Gasteiger partial charge in [0.05, 0.1) is 17.2 Å². The topological polar surface area (TPSA) is 92.5 Å². The Labute approximate surface area is 143 Å². The lowest BCUT2D eigenvalue weighted by molar-refractivity contribution is -0.122. The Morgan fingerprint density at radius 2 is 2.12 bits per heavy atom. The van der Waals surface area contributed by atoms with E-state index >= 15 is 0 Å². The van der Waals surface area contributed by atoms with Gasteiger partial charge in [0.2, 0.25) is 5.91 Å². The first kappa shape index (κ1) is 15.8. The Balaban J connectivity index is 1.63. The molecule has 2 atom stereocenters. The van der Waals surface area contributed by atoms with Gasteiger partial charge in [0.15, 0.2) is 0 Å². The number of sulfonamides is 1. The predicted octanol–water partition coefficient (Wildman–Crippen LogP) is 1.39. The lowest BCUT2D eigenvalue weighted by Crippen LogP contribution is -2.33. The minimum Gasteiger partial charge on any atom is -0.361 e. The number of nitrogens with zero attached hydrogens (tertiary/aromatic N) is 2. The number of carbonyl (C=O) groups is 1. The second-order valence-electron chi connectivity index (χ2n) is 6.25. The number of aryl methyl sites for hydroxylation is 2. The molecular formula is C15H17N3O4S2. The Bertz CT molecular complexity index is 896. The number of hydrogen-bond donors (Lipinski definition) is 1. The first-order chi connectivity index (χ1) is 11.4. The Kier molecular flexibility index (Phi) is 3.55. The number of hydrogen-bond acceptors (Lipinski definition) is 6. The number of fused-ring (bicyclic) bond motifs is 1. The zero-order valence-electron chi connectivity index (χ0n) is 13.3. The summed E-state index contributed by atoms with van der Waals surface area (Å²) in [6, 6.07) is 3.41. The largest absolute Gasteiger partial charge is 0.361 e. The molecular weight excluding hydrogens is 350 g/mol. The van der Waals surface area contributed by atoms with Gasteiger partial charge >= 0.3 is 0 Å². The van der Waals surface area contributed by atoms with Crippen molar-refractivity contribution in [2.24, 2.45) is 11.8 Å². The minimum absolute atomic E-state index is 0.0414. The fourth-order valence-corrected chi connectivity index (χ4v) is 6.58. The molecule has 0 saturated carbocycles. The smallest absolute Gasteiger partial charge is 0.252 e. The van der Waals surface area contributed by atoms with Gasteiger partial charge in [-0.1, -0.05) is 5.16 Å². The highest BCUT2D eigenvalue weighted by atomic mass is 32.2. The number of carbonyl (C=O) groups excluding carboxylic acids is 1. The minimum atomic E-state index is -3.58. The van der Waals surface area contributed by atoms with Crippen molar-refractivity contribution in [2.45, 2.75) is 18.1 Å². The van der Waals surface area contributed by atoms with Crippen LogP contribution in [0.25, 0.3) is 10.4 Å². The van der Waals surface area contributed by atoms with Gasteiger partial charge in [-0.3, -0.25) is 4.79 Å². The van der Waals surface area contributed by atoms with E-state index in [0.29, 0.717) is 18.8 Å². The zero-order valence-corrected chi connectivity index (χ0v) is 14.9. The van der Waals surface area contributed by atoms with Crippen molar-refractivity contribution in [3.63, 3.8) is 0 Å². The summed E-state index contributed by atoms with van der Waals surface area (Å²) < 4.78 is 32.7. The van der Waals surface area contributed by atoms with E-state index in [1.807, 2.05) is 13.8 Å². The second kappa shape index (κ2) is 5.40. The molecule has 2 aromatic rings. The summed E-state index contributed by atoms with van der Waals surface area (Å²) >= 11 is 1.21. The highest BCUT2D eigenvalue weighted by molar-refractivity contribution is 7.91. The fraction of sp³-hybridized carbons (Fsp3) is 0.467. The quantitative estimate of drug-likeness (QED) is 0.885. The first-order valence-corrected chi connectivity index (χ1v) is 9.94. The van der Waals surface area contributed by atoms with Crippen LogP contribution in [0.4, 0.5) is 0 Å². The van der Waals surface area contributed by atoms with Crippen LogP contribution in [-0.4, -0.2) is 43.4 Å². The highest BCUT2D eigenvalue weighted by Gasteiger charge is 2.46. The molecule has 9 heteroatoms. The third-order valence-electron chi connectivity index (χ3n) is 4.74. The third kappa shape index (κ3) is 2.30. The maximum absolute atomic E-state index is 12.9. The molecule has 2 aromatic heterocycles. The Morgan fingerprint density at radius 1 is 1.33 bits per heavy atom. The van der Waals surface area contributed by atoms with Crippen LogP contribution >= 0.6 is 11.3 Å². The molecule has 7 nitrogen and oxygen atoms in total. The van der Waals surface area contributed by atoms with Crippen LogP contribution in [0.3, 0.4) is 0 Å². The van der Waals surface area contributed by atoms with E-state index < -0.39 is 10.0 Å². The Morgan fingerprint density at radius 3 is 2.79 bits per heavy atom. The van der Waals surface area contributed by atoms with Crippen molar-refractivity contribution in [2.75, 3.05) is 19.6 Å². The van der Waals surface area contributed by atoms with Crippen LogP contribution in [0.2, 0.25) is 0 Å². The molecule has 0 spiro atoms. The van der Waals surface area contributed by atoms with E-state index in [4.69, 9.17) is 4.52 Å². The lowest BCUT2D eigenvalue weighted by Gasteiger charge is -2.15. The molecule has 4 heterocycles. The van der Waals surface area contributed by atoms with E-state index in [1.54, 1.807) is 12.1 Å². The van der Waals surface area contributed by atoms with Crippen molar-refractivity contribution < 1.29 is 17.7 Å². The summed E-state index contributed by atoms with van der Waals surface area (Å²) in [7, 11) is -3.58. The average Bonchev–Trinajstić information content (AvgIpc) is 3.26. The molecule has 0 unspecified atom stereocenters. The molecule has 2 aliphatic rings. The van der Waals surface area contributed by atoms with Gasteiger partial charge in [0, 0.05) is 30.4 Å². The van der Waals surface area contributed by atoms with E-state index in [-0.39, 0.29) is 28.5 Å². The highest BCUT2D eigenvalue weighted by Crippen LogP contribution is 2.38. The molecule has 0 aromatic carbocycles. The van der Waals surface area contributed by atoms with E-state index in [9.17, 15) is 13.2 Å². The number of nitrogens with one attached hydrogen (secondary N) is 1. The molecule has 128 valence electrons. The monoisotopic (exact) mass is 367 g/mol. The summed E-state index contributed by atoms with van der Waals surface area (Å²) in [6.07, 6.45) is 0. The van der Waals surface area contributed by atoms with Gasteiger partial charge < -0.3 is 9.84 Å². The fourth-order valence-electron chi connectivity index (χ4n) is 3.45. The average molecular weight is 367 g/mol. The SMILES string of the molecule is Cc1noc(C)c1-c1ccc(S(=O)(=O)N2C[C@@H]3CNC(=O)[C@@H]3C2)s1. The molecule has 0 bridgehead atoms. The molecule has 4 rings (SSSR count). The molecule has 1 N–H and O–H groups in total. The maximum atomic E-state index is 12.9. The van der Waals surface area contributed by atoms with Crippen LogP contribution in [0, 0.1) is 25.7 Å². The number of rotatable bonds is 3. The standard InChI is InChI=1S/C15H17N3O4S2/c1-8-14(9(2)22-17-8)12-3-4-13(23-12)24(20,21)18-6-10-5-16-15(19)11(10)7-18/h3-4,10-11H,5-7H2,1-2H3,(H,16,19)/t10-,11+/m0/s1. The summed E-state index contributed by atoms with van der Waals surface area (Å²) in [5, 5.41) is 6.71. The van der Waals surface area contributed by atoms with E-state index in [0.717, 1.165) is 16.1 Å². The van der Waals surface area contributed by atoms with Gasteiger partial charge in [0.25, 0.3) is 10.0 Å². The predicted molar refractivity (Wildman–Crippen MR) is 88.0 cm³/mol. The summed E-state index contributed by atoms with van der Waals surface area (Å²) in [6.45, 7) is 4.86. The summed E-state index contributed by atoms with van der Waals surface area (Å²) in [5.41, 5.74) is 1.59. The number of amides is 1. The first-order valence-electron chi connectivity index (χ1n) is 7.69. The van der Waals surface area contributed by atoms with Gasteiger partial charge in [-0.25, -0.2) is 8.42 Å². The van der Waals surface area contributed by atoms with Gasteiger partial charge in [0.1, 0.15) is 9.97 Å². The summed E-state index contributed by atoms with van der Waals surface area (Å²) in [4.78, 5) is 12.6. The van der Waals surface area contributed by atoms with Crippen molar-refractivity contribution in [1.82, 2.24) is 14.8 Å². The maximum Gasteiger partial charge on any atom is 0.252 e. The number of aromatic nitrogens is 1. The molecule has 2 fully saturated rings. The van der Waals surface area contributed by atoms with E-state index in [2.05, 4.69) is 10.5 Å². The van der Waals surface area contributed by atoms with Crippen LogP contribution in [0.5, 0.6) is 0 Å². The van der Waals surface area contributed by atoms with Crippen molar-refractivity contribution in [3.05, 3.63) is 23.6 Å². The lowest BCUT2D eigenvalue weighted by atomic mass is 10.0. The van der Waals surface area contributed by atoms with Crippen molar-refractivity contribution >= 4 is 27.3 Å². The van der Waals surface area contributed by atoms with Gasteiger partial charge in [-0.2, -0.15) is 4.31 Å². The molecule has 2 saturated heterocycles. The van der Waals surface area contributed by atoms with Crippen LogP contribution in [-0.2, 0) is 14.8 Å². The Hall–Kier alpha value is -1.71. The summed E-state index contributed by atoms with van der Waals surface area (Å²) in [5.74, 6) is 0.488. The van der Waals surface area contributed by atoms with Crippen LogP contribution in [0.15, 0.2) is 20.9 Å².